The molecule has 0 aliphatic rings. The van der Waals surface area contributed by atoms with Gasteiger partial charge in [-0.25, -0.2) is 4.98 Å². The van der Waals surface area contributed by atoms with Crippen LogP contribution in [0.1, 0.15) is 40.2 Å². The van der Waals surface area contributed by atoms with Crippen LogP contribution in [0.3, 0.4) is 0 Å². The summed E-state index contributed by atoms with van der Waals surface area (Å²) in [6.07, 6.45) is 1.96. The van der Waals surface area contributed by atoms with Crippen LogP contribution in [0.15, 0.2) is 18.3 Å². The minimum absolute atomic E-state index is 0.146. The first-order chi connectivity index (χ1) is 8.28. The van der Waals surface area contributed by atoms with Crippen molar-refractivity contribution >= 4 is 5.82 Å². The van der Waals surface area contributed by atoms with Crippen molar-refractivity contribution in [3.05, 3.63) is 23.9 Å². The molecule has 0 aromatic carbocycles. The Morgan fingerprint density at radius 2 is 1.94 bits per heavy atom. The first-order valence-electron chi connectivity index (χ1n) is 6.69. The molecule has 1 aromatic rings. The molecule has 18 heavy (non-hydrogen) atoms. The Morgan fingerprint density at radius 3 is 2.39 bits per heavy atom. The molecule has 1 rings (SSSR count). The summed E-state index contributed by atoms with van der Waals surface area (Å²) in [5, 5.41) is 3.47. The van der Waals surface area contributed by atoms with Gasteiger partial charge in [0, 0.05) is 31.9 Å². The van der Waals surface area contributed by atoms with Gasteiger partial charge in [-0.15, -0.1) is 0 Å². The summed E-state index contributed by atoms with van der Waals surface area (Å²) in [7, 11) is 2.09. The lowest BCUT2D eigenvalue weighted by atomic mass is 10.1. The number of nitrogens with zero attached hydrogens (tertiary/aromatic N) is 2. The molecule has 0 bridgehead atoms. The number of hydrogen-bond donors (Lipinski definition) is 1. The first kappa shape index (κ1) is 15.0. The number of anilines is 1. The average Bonchev–Trinajstić information content (AvgIpc) is 2.25. The van der Waals surface area contributed by atoms with E-state index in [1.807, 2.05) is 6.20 Å². The molecule has 0 aliphatic carbocycles. The first-order valence-corrected chi connectivity index (χ1v) is 6.69. The van der Waals surface area contributed by atoms with Crippen LogP contribution in [0.4, 0.5) is 5.82 Å². The fourth-order valence-corrected chi connectivity index (χ4v) is 1.76. The Bertz CT molecular complexity index is 349. The molecular weight excluding hydrogens is 222 g/mol. The third kappa shape index (κ3) is 5.50. The predicted octanol–water partition coefficient (Wildman–Crippen LogP) is 3.06. The van der Waals surface area contributed by atoms with E-state index in [2.05, 4.69) is 69.0 Å². The Balaban J connectivity index is 2.57. The predicted molar refractivity (Wildman–Crippen MR) is 78.9 cm³/mol. The molecule has 0 atom stereocenters. The summed E-state index contributed by atoms with van der Waals surface area (Å²) in [4.78, 5) is 6.72. The molecule has 0 saturated carbocycles. The molecule has 3 nitrogen and oxygen atoms in total. The van der Waals surface area contributed by atoms with Crippen LogP contribution in [-0.4, -0.2) is 24.1 Å². The van der Waals surface area contributed by atoms with E-state index >= 15 is 0 Å². The van der Waals surface area contributed by atoms with E-state index in [9.17, 15) is 0 Å². The molecule has 0 fully saturated rings. The van der Waals surface area contributed by atoms with Gasteiger partial charge >= 0.3 is 0 Å². The van der Waals surface area contributed by atoms with Crippen LogP contribution in [0.2, 0.25) is 0 Å². The number of nitrogens with one attached hydrogen (secondary N) is 1. The Hall–Kier alpha value is -1.09. The molecule has 0 spiro atoms. The largest absolute Gasteiger partial charge is 0.359 e. The lowest BCUT2D eigenvalue weighted by Crippen LogP contribution is -2.35. The molecule has 1 N–H and O–H groups in total. The molecule has 0 unspecified atom stereocenters. The molecule has 0 amide bonds. The maximum Gasteiger partial charge on any atom is 0.128 e. The molecule has 102 valence electrons. The van der Waals surface area contributed by atoms with Crippen LogP contribution in [0.25, 0.3) is 0 Å². The van der Waals surface area contributed by atoms with Gasteiger partial charge in [0.15, 0.2) is 0 Å². The standard InChI is InChI=1S/C15H27N3/c1-12(2)11-18(6)14-8-7-13(9-16-14)10-17-15(3,4)5/h7-9,12,17H,10-11H2,1-6H3. The molecule has 1 heterocycles. The maximum absolute atomic E-state index is 4.52. The summed E-state index contributed by atoms with van der Waals surface area (Å²) >= 11 is 0. The average molecular weight is 249 g/mol. The van der Waals surface area contributed by atoms with Crippen molar-refractivity contribution in [3.8, 4) is 0 Å². The Morgan fingerprint density at radius 1 is 1.28 bits per heavy atom. The fraction of sp³-hybridized carbons (Fsp3) is 0.667. The van der Waals surface area contributed by atoms with E-state index in [1.165, 1.54) is 5.56 Å². The monoisotopic (exact) mass is 249 g/mol. The van der Waals surface area contributed by atoms with Crippen molar-refractivity contribution < 1.29 is 0 Å². The Kier molecular flexibility index (Phi) is 5.15. The number of hydrogen-bond acceptors (Lipinski definition) is 3. The highest BCUT2D eigenvalue weighted by Crippen LogP contribution is 2.12. The van der Waals surface area contributed by atoms with E-state index < -0.39 is 0 Å². The van der Waals surface area contributed by atoms with Crippen molar-refractivity contribution in [3.63, 3.8) is 0 Å². The van der Waals surface area contributed by atoms with Crippen molar-refractivity contribution in [2.75, 3.05) is 18.5 Å². The summed E-state index contributed by atoms with van der Waals surface area (Å²) in [5.74, 6) is 1.70. The second kappa shape index (κ2) is 6.19. The zero-order valence-corrected chi connectivity index (χ0v) is 12.6. The summed E-state index contributed by atoms with van der Waals surface area (Å²) in [6, 6.07) is 4.25. The highest BCUT2D eigenvalue weighted by atomic mass is 15.2. The normalized spacial score (nSPS) is 11.9. The molecule has 3 heteroatoms. The number of aromatic nitrogens is 1. The van der Waals surface area contributed by atoms with Crippen LogP contribution in [0, 0.1) is 5.92 Å². The van der Waals surface area contributed by atoms with Crippen molar-refractivity contribution in [1.82, 2.24) is 10.3 Å². The summed E-state index contributed by atoms with van der Waals surface area (Å²) in [6.45, 7) is 12.9. The zero-order valence-electron chi connectivity index (χ0n) is 12.6. The van der Waals surface area contributed by atoms with Gasteiger partial charge < -0.3 is 10.2 Å². The van der Waals surface area contributed by atoms with Gasteiger partial charge in [-0.2, -0.15) is 0 Å². The fourth-order valence-electron chi connectivity index (χ4n) is 1.76. The van der Waals surface area contributed by atoms with Gasteiger partial charge in [-0.3, -0.25) is 0 Å². The van der Waals surface area contributed by atoms with Crippen molar-refractivity contribution in [2.45, 2.75) is 46.7 Å². The minimum Gasteiger partial charge on any atom is -0.359 e. The maximum atomic E-state index is 4.52. The number of rotatable bonds is 5. The van der Waals surface area contributed by atoms with Gasteiger partial charge in [-0.05, 0) is 38.3 Å². The molecule has 0 aliphatic heterocycles. The molecule has 1 aromatic heterocycles. The zero-order chi connectivity index (χ0) is 13.8. The van der Waals surface area contributed by atoms with Crippen molar-refractivity contribution in [1.29, 1.82) is 0 Å². The SMILES string of the molecule is CC(C)CN(C)c1ccc(CNC(C)(C)C)cn1. The third-order valence-electron chi connectivity index (χ3n) is 2.66. The van der Waals surface area contributed by atoms with Gasteiger partial charge in [0.25, 0.3) is 0 Å². The van der Waals surface area contributed by atoms with Gasteiger partial charge in [0.2, 0.25) is 0 Å². The summed E-state index contributed by atoms with van der Waals surface area (Å²) < 4.78 is 0. The second-order valence-electron chi connectivity index (χ2n) is 6.40. The number of pyridine rings is 1. The summed E-state index contributed by atoms with van der Waals surface area (Å²) in [5.41, 5.74) is 1.37. The van der Waals surface area contributed by atoms with E-state index in [0.29, 0.717) is 5.92 Å². The smallest absolute Gasteiger partial charge is 0.128 e. The van der Waals surface area contributed by atoms with Crippen LogP contribution < -0.4 is 10.2 Å². The lowest BCUT2D eigenvalue weighted by Gasteiger charge is -2.22. The van der Waals surface area contributed by atoms with Gasteiger partial charge in [-0.1, -0.05) is 19.9 Å². The highest BCUT2D eigenvalue weighted by molar-refractivity contribution is 5.38. The van der Waals surface area contributed by atoms with Gasteiger partial charge in [0.05, 0.1) is 0 Å². The topological polar surface area (TPSA) is 28.2 Å². The quantitative estimate of drug-likeness (QED) is 0.869. The van der Waals surface area contributed by atoms with E-state index in [4.69, 9.17) is 0 Å². The van der Waals surface area contributed by atoms with Crippen LogP contribution in [0.5, 0.6) is 0 Å². The van der Waals surface area contributed by atoms with E-state index in [1.54, 1.807) is 0 Å². The third-order valence-corrected chi connectivity index (χ3v) is 2.66. The Labute approximate surface area is 112 Å². The molecule has 0 radical (unpaired) electrons. The molecule has 0 saturated heterocycles. The molecular formula is C15H27N3. The van der Waals surface area contributed by atoms with Crippen LogP contribution >= 0.6 is 0 Å². The van der Waals surface area contributed by atoms with Gasteiger partial charge in [0.1, 0.15) is 5.82 Å². The van der Waals surface area contributed by atoms with Crippen LogP contribution in [-0.2, 0) is 6.54 Å². The minimum atomic E-state index is 0.146. The highest BCUT2D eigenvalue weighted by Gasteiger charge is 2.09. The van der Waals surface area contributed by atoms with E-state index in [0.717, 1.165) is 18.9 Å². The second-order valence-corrected chi connectivity index (χ2v) is 6.40. The van der Waals surface area contributed by atoms with E-state index in [-0.39, 0.29) is 5.54 Å². The van der Waals surface area contributed by atoms with Crippen molar-refractivity contribution in [2.24, 2.45) is 5.92 Å². The lowest BCUT2D eigenvalue weighted by molar-refractivity contribution is 0.424.